The van der Waals surface area contributed by atoms with Gasteiger partial charge < -0.3 is 33.2 Å². The van der Waals surface area contributed by atoms with E-state index in [1.165, 1.54) is 11.6 Å². The molecule has 0 amide bonds. The highest BCUT2D eigenvalue weighted by Gasteiger charge is 2.72. The van der Waals surface area contributed by atoms with Crippen LogP contribution in [0.1, 0.15) is 59.4 Å². The molecule has 3 aliphatic rings. The second-order valence-corrected chi connectivity index (χ2v) is 11.4. The first kappa shape index (κ1) is 29.6. The van der Waals surface area contributed by atoms with Gasteiger partial charge in [-0.15, -0.1) is 0 Å². The smallest absolute Gasteiger partial charge is 0.331 e. The van der Waals surface area contributed by atoms with Crippen molar-refractivity contribution in [2.24, 2.45) is 5.92 Å². The Labute approximate surface area is 232 Å². The lowest BCUT2D eigenvalue weighted by atomic mass is 9.68. The molecule has 4 rings (SSSR count). The molecule has 1 aromatic carbocycles. The normalized spacial score (nSPS) is 31.4. The molecule has 6 atom stereocenters. The Kier molecular flexibility index (Phi) is 9.42. The molecule has 39 heavy (non-hydrogen) atoms. The Morgan fingerprint density at radius 3 is 2.59 bits per heavy atom. The van der Waals surface area contributed by atoms with Crippen molar-refractivity contribution in [3.05, 3.63) is 41.5 Å². The minimum atomic E-state index is -0.417. The number of ether oxygens (including phenoxy) is 7. The van der Waals surface area contributed by atoms with Crippen molar-refractivity contribution < 1.29 is 38.0 Å². The number of carbonyl (C=O) groups is 1. The highest BCUT2D eigenvalue weighted by molar-refractivity contribution is 5.87. The molecule has 0 bridgehead atoms. The number of rotatable bonds is 13. The van der Waals surface area contributed by atoms with Crippen LogP contribution in [-0.2, 0) is 28.5 Å². The van der Waals surface area contributed by atoms with E-state index in [2.05, 4.69) is 26.8 Å². The minimum absolute atomic E-state index is 0.0120. The third-order valence-corrected chi connectivity index (χ3v) is 7.90. The monoisotopic (exact) mass is 544 g/mol. The first-order valence-corrected chi connectivity index (χ1v) is 13.9. The van der Waals surface area contributed by atoms with Gasteiger partial charge in [0.25, 0.3) is 0 Å². The van der Waals surface area contributed by atoms with E-state index >= 15 is 0 Å². The number of carbonyl (C=O) groups excluding carboxylic acids is 1. The van der Waals surface area contributed by atoms with Crippen LogP contribution >= 0.6 is 0 Å². The lowest BCUT2D eigenvalue weighted by molar-refractivity contribution is -0.166. The number of epoxide rings is 2. The van der Waals surface area contributed by atoms with Gasteiger partial charge in [0.15, 0.2) is 11.5 Å². The molecular weight excluding hydrogens is 500 g/mol. The molecule has 1 aromatic rings. The van der Waals surface area contributed by atoms with Gasteiger partial charge in [-0.05, 0) is 77.7 Å². The molecule has 3 fully saturated rings. The zero-order chi connectivity index (χ0) is 28.2. The molecule has 2 aliphatic heterocycles. The topological polar surface area (TPSA) is 88.3 Å². The number of hydrogen-bond acceptors (Lipinski definition) is 8. The molecule has 0 aromatic heterocycles. The van der Waals surface area contributed by atoms with Crippen molar-refractivity contribution in [2.45, 2.75) is 89.5 Å². The summed E-state index contributed by atoms with van der Waals surface area (Å²) < 4.78 is 41.0. The van der Waals surface area contributed by atoms with Crippen molar-refractivity contribution in [1.29, 1.82) is 0 Å². The second-order valence-electron chi connectivity index (χ2n) is 11.4. The summed E-state index contributed by atoms with van der Waals surface area (Å²) in [5.41, 5.74) is 1.44. The van der Waals surface area contributed by atoms with E-state index < -0.39 is 5.97 Å². The fraction of sp³-hybridized carbons (Fsp3) is 0.645. The zero-order valence-corrected chi connectivity index (χ0v) is 24.4. The van der Waals surface area contributed by atoms with Gasteiger partial charge in [-0.25, -0.2) is 4.79 Å². The third-order valence-electron chi connectivity index (χ3n) is 7.90. The van der Waals surface area contributed by atoms with Crippen molar-refractivity contribution in [3.8, 4) is 11.5 Å². The largest absolute Gasteiger partial charge is 0.493 e. The SMILES string of the molecule is COc1ccc(/C=C/C(=O)O[C@@H]2CC[C@]3(CO3)C(C3(C)O[C@H]3CC=C(C)C)[C@@H]2OC)cc1OCCOC(C)C. The van der Waals surface area contributed by atoms with E-state index in [9.17, 15) is 4.79 Å². The maximum atomic E-state index is 12.9. The van der Waals surface area contributed by atoms with Gasteiger partial charge in [0, 0.05) is 13.2 Å². The summed E-state index contributed by atoms with van der Waals surface area (Å²) in [5, 5.41) is 0. The van der Waals surface area contributed by atoms with Crippen molar-refractivity contribution in [3.63, 3.8) is 0 Å². The summed E-state index contributed by atoms with van der Waals surface area (Å²) in [7, 11) is 3.27. The van der Waals surface area contributed by atoms with Crippen LogP contribution in [0.15, 0.2) is 35.9 Å². The van der Waals surface area contributed by atoms with Crippen LogP contribution < -0.4 is 9.47 Å². The number of allylic oxidation sites excluding steroid dienone is 1. The van der Waals surface area contributed by atoms with E-state index in [1.807, 2.05) is 32.0 Å². The first-order chi connectivity index (χ1) is 18.6. The standard InChI is InChI=1S/C31H44O8/c1-20(2)8-12-26-30(5,39-26)29-28(34-7)24(14-15-31(29)19-37-31)38-27(32)13-10-22-9-11-23(33-6)25(18-22)36-17-16-35-21(3)4/h8-11,13,18,21,24,26,28-29H,12,14-17,19H2,1-7H3/b13-10+/t24-,26+,28-,29?,30?,31+/m1/s1. The molecule has 2 saturated heterocycles. The molecular formula is C31H44O8. The van der Waals surface area contributed by atoms with E-state index in [0.717, 1.165) is 18.4 Å². The zero-order valence-electron chi connectivity index (χ0n) is 24.4. The van der Waals surface area contributed by atoms with Crippen LogP contribution in [0.5, 0.6) is 11.5 Å². The van der Waals surface area contributed by atoms with Crippen LogP contribution in [0.2, 0.25) is 0 Å². The van der Waals surface area contributed by atoms with Gasteiger partial charge in [0.05, 0.1) is 38.4 Å². The Balaban J connectivity index is 1.39. The average Bonchev–Trinajstić information content (AvgIpc) is 3.82. The minimum Gasteiger partial charge on any atom is -0.493 e. The fourth-order valence-electron chi connectivity index (χ4n) is 5.77. The Hall–Kier alpha value is -2.39. The summed E-state index contributed by atoms with van der Waals surface area (Å²) >= 11 is 0. The van der Waals surface area contributed by atoms with Gasteiger partial charge in [-0.3, -0.25) is 0 Å². The van der Waals surface area contributed by atoms with Crippen LogP contribution in [0.4, 0.5) is 0 Å². The molecule has 216 valence electrons. The van der Waals surface area contributed by atoms with Gasteiger partial charge in [-0.1, -0.05) is 17.7 Å². The highest BCUT2D eigenvalue weighted by atomic mass is 16.6. The molecule has 2 unspecified atom stereocenters. The van der Waals surface area contributed by atoms with Gasteiger partial charge in [-0.2, -0.15) is 0 Å². The summed E-state index contributed by atoms with van der Waals surface area (Å²) in [6, 6.07) is 5.51. The fourth-order valence-corrected chi connectivity index (χ4v) is 5.77. The number of hydrogen-bond donors (Lipinski definition) is 0. The number of esters is 1. The summed E-state index contributed by atoms with van der Waals surface area (Å²) in [6.07, 6.45) is 7.27. The van der Waals surface area contributed by atoms with Crippen molar-refractivity contribution >= 4 is 12.0 Å². The summed E-state index contributed by atoms with van der Waals surface area (Å²) in [5.74, 6) is 0.775. The lowest BCUT2D eigenvalue weighted by Gasteiger charge is -2.42. The average molecular weight is 545 g/mol. The first-order valence-electron chi connectivity index (χ1n) is 13.9. The molecule has 1 aliphatic carbocycles. The molecule has 8 heteroatoms. The molecule has 1 saturated carbocycles. The molecule has 1 spiro atoms. The maximum Gasteiger partial charge on any atom is 0.331 e. The molecule has 2 heterocycles. The molecule has 0 radical (unpaired) electrons. The Morgan fingerprint density at radius 2 is 1.95 bits per heavy atom. The third kappa shape index (κ3) is 7.04. The predicted octanol–water partition coefficient (Wildman–Crippen LogP) is 5.13. The predicted molar refractivity (Wildman–Crippen MR) is 148 cm³/mol. The number of benzene rings is 1. The van der Waals surface area contributed by atoms with Crippen LogP contribution in [0, 0.1) is 5.92 Å². The van der Waals surface area contributed by atoms with Gasteiger partial charge >= 0.3 is 5.97 Å². The number of methoxy groups -OCH3 is 2. The van der Waals surface area contributed by atoms with Gasteiger partial charge in [0.2, 0.25) is 0 Å². The van der Waals surface area contributed by atoms with E-state index in [-0.39, 0.29) is 41.5 Å². The second kappa shape index (κ2) is 12.4. The summed E-state index contributed by atoms with van der Waals surface area (Å²) in [4.78, 5) is 12.9. The van der Waals surface area contributed by atoms with E-state index in [1.54, 1.807) is 20.3 Å². The molecule has 0 N–H and O–H groups in total. The quantitative estimate of drug-likeness (QED) is 0.111. The van der Waals surface area contributed by atoms with Crippen LogP contribution in [0.25, 0.3) is 6.08 Å². The van der Waals surface area contributed by atoms with Crippen LogP contribution in [-0.4, -0.2) is 75.6 Å². The van der Waals surface area contributed by atoms with Crippen LogP contribution in [0.3, 0.4) is 0 Å². The highest BCUT2D eigenvalue weighted by Crippen LogP contribution is 2.59. The lowest BCUT2D eigenvalue weighted by Crippen LogP contribution is -2.55. The van der Waals surface area contributed by atoms with E-state index in [4.69, 9.17) is 33.2 Å². The van der Waals surface area contributed by atoms with Crippen molar-refractivity contribution in [1.82, 2.24) is 0 Å². The van der Waals surface area contributed by atoms with Crippen molar-refractivity contribution in [2.75, 3.05) is 34.0 Å². The maximum absolute atomic E-state index is 12.9. The van der Waals surface area contributed by atoms with E-state index in [0.29, 0.717) is 37.7 Å². The molecule has 8 nitrogen and oxygen atoms in total. The van der Waals surface area contributed by atoms with Gasteiger partial charge in [0.1, 0.15) is 30.0 Å². The summed E-state index contributed by atoms with van der Waals surface area (Å²) in [6.45, 7) is 11.8. The Bertz CT molecular complexity index is 1050. The Morgan fingerprint density at radius 1 is 1.18 bits per heavy atom.